The Labute approximate surface area is 92.1 Å². The number of hydrogen-bond donors (Lipinski definition) is 2. The molecule has 1 atom stereocenters. The fraction of sp³-hybridized carbons (Fsp3) is 0.273. The SMILES string of the molecule is CC(NC(=O)CC(=O)O)c1ccccc1F. The molecule has 0 fully saturated rings. The normalized spacial score (nSPS) is 11.9. The van der Waals surface area contributed by atoms with E-state index >= 15 is 0 Å². The minimum absolute atomic E-state index is 0.334. The van der Waals surface area contributed by atoms with E-state index in [4.69, 9.17) is 5.11 Å². The van der Waals surface area contributed by atoms with Crippen molar-refractivity contribution in [1.29, 1.82) is 0 Å². The second-order valence-corrected chi connectivity index (χ2v) is 3.38. The molecule has 0 bridgehead atoms. The Bertz CT molecular complexity index is 406. The summed E-state index contributed by atoms with van der Waals surface area (Å²) in [4.78, 5) is 21.4. The van der Waals surface area contributed by atoms with Crippen molar-refractivity contribution in [3.8, 4) is 0 Å². The van der Waals surface area contributed by atoms with E-state index in [0.29, 0.717) is 5.56 Å². The maximum atomic E-state index is 13.3. The lowest BCUT2D eigenvalue weighted by Crippen LogP contribution is -2.28. The molecule has 0 saturated heterocycles. The fourth-order valence-corrected chi connectivity index (χ4v) is 1.33. The molecule has 0 radical (unpaired) electrons. The molecular formula is C11H12FNO3. The highest BCUT2D eigenvalue weighted by Gasteiger charge is 2.14. The highest BCUT2D eigenvalue weighted by molar-refractivity contribution is 5.93. The molecule has 0 aliphatic heterocycles. The second-order valence-electron chi connectivity index (χ2n) is 3.38. The van der Waals surface area contributed by atoms with E-state index in [0.717, 1.165) is 0 Å². The van der Waals surface area contributed by atoms with Gasteiger partial charge in [0.1, 0.15) is 12.2 Å². The first-order valence-corrected chi connectivity index (χ1v) is 4.76. The Balaban J connectivity index is 2.66. The minimum Gasteiger partial charge on any atom is -0.481 e. The predicted molar refractivity (Wildman–Crippen MR) is 55.2 cm³/mol. The van der Waals surface area contributed by atoms with Crippen molar-refractivity contribution in [2.45, 2.75) is 19.4 Å². The van der Waals surface area contributed by atoms with Crippen molar-refractivity contribution >= 4 is 11.9 Å². The summed E-state index contributed by atoms with van der Waals surface area (Å²) in [6.07, 6.45) is -0.612. The first-order chi connectivity index (χ1) is 7.50. The van der Waals surface area contributed by atoms with Crippen molar-refractivity contribution in [1.82, 2.24) is 5.32 Å². The summed E-state index contributed by atoms with van der Waals surface area (Å²) < 4.78 is 13.3. The van der Waals surface area contributed by atoms with Crippen molar-refractivity contribution in [3.05, 3.63) is 35.6 Å². The summed E-state index contributed by atoms with van der Waals surface area (Å²) in [6, 6.07) is 5.48. The molecule has 0 heterocycles. The molecule has 1 amide bonds. The van der Waals surface area contributed by atoms with E-state index in [1.54, 1.807) is 25.1 Å². The van der Waals surface area contributed by atoms with Gasteiger partial charge in [-0.05, 0) is 13.0 Å². The number of hydrogen-bond acceptors (Lipinski definition) is 2. The number of carboxylic acids is 1. The molecule has 0 aliphatic carbocycles. The number of nitrogens with one attached hydrogen (secondary N) is 1. The van der Waals surface area contributed by atoms with Gasteiger partial charge in [0.25, 0.3) is 0 Å². The van der Waals surface area contributed by atoms with Crippen LogP contribution in [0.1, 0.15) is 24.9 Å². The van der Waals surface area contributed by atoms with Crippen molar-refractivity contribution in [3.63, 3.8) is 0 Å². The lowest BCUT2D eigenvalue weighted by atomic mass is 10.1. The number of carbonyl (C=O) groups excluding carboxylic acids is 1. The van der Waals surface area contributed by atoms with Gasteiger partial charge in [0.2, 0.25) is 5.91 Å². The monoisotopic (exact) mass is 225 g/mol. The summed E-state index contributed by atoms with van der Waals surface area (Å²) in [5.74, 6) is -2.27. The zero-order chi connectivity index (χ0) is 12.1. The first-order valence-electron chi connectivity index (χ1n) is 4.76. The van der Waals surface area contributed by atoms with Crippen molar-refractivity contribution in [2.75, 3.05) is 0 Å². The van der Waals surface area contributed by atoms with Crippen LogP contribution in [0.25, 0.3) is 0 Å². The Morgan fingerprint density at radius 2 is 2.06 bits per heavy atom. The topological polar surface area (TPSA) is 66.4 Å². The van der Waals surface area contributed by atoms with Gasteiger partial charge >= 0.3 is 5.97 Å². The molecule has 0 aliphatic rings. The van der Waals surface area contributed by atoms with Gasteiger partial charge in [-0.1, -0.05) is 18.2 Å². The lowest BCUT2D eigenvalue weighted by Gasteiger charge is -2.14. The number of aliphatic carboxylic acids is 1. The van der Waals surface area contributed by atoms with Gasteiger partial charge in [0.05, 0.1) is 6.04 Å². The molecule has 0 spiro atoms. The van der Waals surface area contributed by atoms with E-state index < -0.39 is 30.2 Å². The van der Waals surface area contributed by atoms with Gasteiger partial charge in [-0.2, -0.15) is 0 Å². The molecule has 0 saturated carbocycles. The van der Waals surface area contributed by atoms with Gasteiger partial charge in [-0.3, -0.25) is 9.59 Å². The van der Waals surface area contributed by atoms with Crippen molar-refractivity contribution < 1.29 is 19.1 Å². The Kier molecular flexibility index (Phi) is 3.99. The zero-order valence-corrected chi connectivity index (χ0v) is 8.74. The van der Waals surface area contributed by atoms with Crippen LogP contribution in [-0.4, -0.2) is 17.0 Å². The largest absolute Gasteiger partial charge is 0.481 e. The van der Waals surface area contributed by atoms with Gasteiger partial charge in [-0.15, -0.1) is 0 Å². The van der Waals surface area contributed by atoms with E-state index in [9.17, 15) is 14.0 Å². The number of amides is 1. The van der Waals surface area contributed by atoms with Gasteiger partial charge < -0.3 is 10.4 Å². The molecule has 1 unspecified atom stereocenters. The Morgan fingerprint density at radius 3 is 2.62 bits per heavy atom. The van der Waals surface area contributed by atoms with Crippen LogP contribution in [0.3, 0.4) is 0 Å². The smallest absolute Gasteiger partial charge is 0.312 e. The van der Waals surface area contributed by atoms with Crippen LogP contribution in [0.4, 0.5) is 4.39 Å². The summed E-state index contributed by atoms with van der Waals surface area (Å²) >= 11 is 0. The lowest BCUT2D eigenvalue weighted by molar-refractivity contribution is -0.140. The molecule has 16 heavy (non-hydrogen) atoms. The summed E-state index contributed by atoms with van der Waals surface area (Å²) in [6.45, 7) is 1.60. The third-order valence-corrected chi connectivity index (χ3v) is 2.06. The standard InChI is InChI=1S/C11H12FNO3/c1-7(13-10(14)6-11(15)16)8-4-2-3-5-9(8)12/h2-5,7H,6H2,1H3,(H,13,14)(H,15,16). The quantitative estimate of drug-likeness (QED) is 0.763. The minimum atomic E-state index is -1.21. The highest BCUT2D eigenvalue weighted by Crippen LogP contribution is 2.15. The molecule has 1 aromatic rings. The van der Waals surface area contributed by atoms with Gasteiger partial charge in [-0.25, -0.2) is 4.39 Å². The van der Waals surface area contributed by atoms with Crippen LogP contribution >= 0.6 is 0 Å². The average Bonchev–Trinajstić information content (AvgIpc) is 2.16. The number of benzene rings is 1. The summed E-state index contributed by atoms with van der Waals surface area (Å²) in [7, 11) is 0. The molecule has 2 N–H and O–H groups in total. The van der Waals surface area contributed by atoms with Crippen LogP contribution in [0.15, 0.2) is 24.3 Å². The number of halogens is 1. The predicted octanol–water partition coefficient (Wildman–Crippen LogP) is 1.48. The average molecular weight is 225 g/mol. The van der Waals surface area contributed by atoms with Crippen LogP contribution in [0.5, 0.6) is 0 Å². The van der Waals surface area contributed by atoms with Crippen LogP contribution in [0, 0.1) is 5.82 Å². The van der Waals surface area contributed by atoms with Crippen LogP contribution in [-0.2, 0) is 9.59 Å². The van der Waals surface area contributed by atoms with E-state index in [1.807, 2.05) is 0 Å². The summed E-state index contributed by atoms with van der Waals surface area (Å²) in [5.41, 5.74) is 0.334. The molecule has 86 valence electrons. The second kappa shape index (κ2) is 5.25. The third kappa shape index (κ3) is 3.34. The van der Waals surface area contributed by atoms with Crippen molar-refractivity contribution in [2.24, 2.45) is 0 Å². The van der Waals surface area contributed by atoms with Gasteiger partial charge in [0.15, 0.2) is 0 Å². The van der Waals surface area contributed by atoms with E-state index in [2.05, 4.69) is 5.32 Å². The highest BCUT2D eigenvalue weighted by atomic mass is 19.1. The molecular weight excluding hydrogens is 213 g/mol. The molecule has 1 rings (SSSR count). The van der Waals surface area contributed by atoms with Crippen LogP contribution in [0.2, 0.25) is 0 Å². The van der Waals surface area contributed by atoms with E-state index in [1.165, 1.54) is 6.07 Å². The van der Waals surface area contributed by atoms with E-state index in [-0.39, 0.29) is 0 Å². The fourth-order valence-electron chi connectivity index (χ4n) is 1.33. The number of carbonyl (C=O) groups is 2. The van der Waals surface area contributed by atoms with Gasteiger partial charge in [0, 0.05) is 5.56 Å². The van der Waals surface area contributed by atoms with Crippen LogP contribution < -0.4 is 5.32 Å². The Morgan fingerprint density at radius 1 is 1.44 bits per heavy atom. The molecule has 0 aromatic heterocycles. The molecule has 4 nitrogen and oxygen atoms in total. The zero-order valence-electron chi connectivity index (χ0n) is 8.74. The number of carboxylic acid groups (broad SMARTS) is 1. The third-order valence-electron chi connectivity index (χ3n) is 2.06. The first kappa shape index (κ1) is 12.2. The molecule has 1 aromatic carbocycles. The Hall–Kier alpha value is -1.91. The molecule has 5 heteroatoms. The maximum Gasteiger partial charge on any atom is 0.312 e. The maximum absolute atomic E-state index is 13.3. The summed E-state index contributed by atoms with van der Waals surface area (Å²) in [5, 5.41) is 10.8. The number of rotatable bonds is 4.